The van der Waals surface area contributed by atoms with E-state index in [4.69, 9.17) is 0 Å². The van der Waals surface area contributed by atoms with Crippen LogP contribution in [0.1, 0.15) is 18.4 Å². The topological polar surface area (TPSA) is 40.5 Å². The molecule has 1 saturated heterocycles. The lowest BCUT2D eigenvalue weighted by atomic mass is 10.2. The smallest absolute Gasteiger partial charge is 0.225 e. The van der Waals surface area contributed by atoms with Crippen LogP contribution in [0.4, 0.5) is 4.39 Å². The van der Waals surface area contributed by atoms with Gasteiger partial charge in [0.25, 0.3) is 0 Å². The summed E-state index contributed by atoms with van der Waals surface area (Å²) < 4.78 is 12.6. The van der Waals surface area contributed by atoms with E-state index in [0.717, 1.165) is 5.56 Å². The first-order valence-electron chi connectivity index (χ1n) is 4.89. The number of halogens is 1. The molecule has 1 aliphatic rings. The number of hydrogen-bond acceptors (Lipinski definition) is 2. The molecule has 0 saturated carbocycles. The van der Waals surface area contributed by atoms with Gasteiger partial charge in [-0.2, -0.15) is 0 Å². The van der Waals surface area contributed by atoms with E-state index in [0.29, 0.717) is 19.4 Å². The Bertz CT molecular complexity index is 363. The van der Waals surface area contributed by atoms with Crippen molar-refractivity contribution >= 4 is 5.91 Å². The molecule has 0 bridgehead atoms. The van der Waals surface area contributed by atoms with Crippen LogP contribution < -0.4 is 0 Å². The zero-order valence-corrected chi connectivity index (χ0v) is 8.19. The highest BCUT2D eigenvalue weighted by Crippen LogP contribution is 2.19. The molecular formula is C11H12FNO2. The highest BCUT2D eigenvalue weighted by molar-refractivity contribution is 5.78. The first-order chi connectivity index (χ1) is 7.16. The van der Waals surface area contributed by atoms with Gasteiger partial charge >= 0.3 is 0 Å². The van der Waals surface area contributed by atoms with Crippen molar-refractivity contribution in [3.8, 4) is 0 Å². The van der Waals surface area contributed by atoms with Crippen molar-refractivity contribution < 1.29 is 14.3 Å². The van der Waals surface area contributed by atoms with Gasteiger partial charge in [-0.1, -0.05) is 12.1 Å². The van der Waals surface area contributed by atoms with E-state index in [1.807, 2.05) is 0 Å². The molecule has 0 aliphatic carbocycles. The molecule has 2 rings (SSSR count). The molecule has 1 fully saturated rings. The molecule has 1 heterocycles. The molecule has 1 N–H and O–H groups in total. The van der Waals surface area contributed by atoms with Crippen LogP contribution in [0.5, 0.6) is 0 Å². The number of aliphatic hydroxyl groups is 1. The molecule has 80 valence electrons. The number of benzene rings is 1. The van der Waals surface area contributed by atoms with E-state index in [2.05, 4.69) is 0 Å². The number of likely N-dealkylation sites (tertiary alicyclic amines) is 1. The maximum Gasteiger partial charge on any atom is 0.225 e. The van der Waals surface area contributed by atoms with Gasteiger partial charge in [0.2, 0.25) is 5.91 Å². The van der Waals surface area contributed by atoms with Crippen LogP contribution in [-0.2, 0) is 11.3 Å². The van der Waals surface area contributed by atoms with Crippen molar-refractivity contribution in [1.29, 1.82) is 0 Å². The van der Waals surface area contributed by atoms with Crippen molar-refractivity contribution in [2.24, 2.45) is 0 Å². The maximum atomic E-state index is 12.6. The van der Waals surface area contributed by atoms with Gasteiger partial charge in [-0.15, -0.1) is 0 Å². The van der Waals surface area contributed by atoms with Crippen LogP contribution in [-0.4, -0.2) is 22.1 Å². The zero-order chi connectivity index (χ0) is 10.8. The summed E-state index contributed by atoms with van der Waals surface area (Å²) in [6.45, 7) is 0.347. The highest BCUT2D eigenvalue weighted by atomic mass is 19.1. The van der Waals surface area contributed by atoms with E-state index < -0.39 is 6.23 Å². The largest absolute Gasteiger partial charge is 0.373 e. The summed E-state index contributed by atoms with van der Waals surface area (Å²) in [4.78, 5) is 12.8. The molecule has 0 aromatic heterocycles. The lowest BCUT2D eigenvalue weighted by Gasteiger charge is -2.20. The fourth-order valence-corrected chi connectivity index (χ4v) is 1.70. The molecule has 1 aliphatic heterocycles. The van der Waals surface area contributed by atoms with Gasteiger partial charge in [0.1, 0.15) is 12.0 Å². The summed E-state index contributed by atoms with van der Waals surface area (Å²) in [6, 6.07) is 5.94. The van der Waals surface area contributed by atoms with Gasteiger partial charge in [-0.25, -0.2) is 4.39 Å². The molecule has 0 unspecified atom stereocenters. The quantitative estimate of drug-likeness (QED) is 0.796. The van der Waals surface area contributed by atoms with Gasteiger partial charge in [-0.05, 0) is 17.7 Å². The average molecular weight is 209 g/mol. The predicted octanol–water partition coefficient (Wildman–Crippen LogP) is 1.27. The third kappa shape index (κ3) is 2.15. The molecule has 1 atom stereocenters. The Kier molecular flexibility index (Phi) is 2.68. The SMILES string of the molecule is O=C1CC[C@@H](O)N1Cc1ccc(F)cc1. The van der Waals surface area contributed by atoms with Crippen molar-refractivity contribution in [2.45, 2.75) is 25.6 Å². The van der Waals surface area contributed by atoms with Crippen LogP contribution in [0.15, 0.2) is 24.3 Å². The first kappa shape index (κ1) is 10.1. The molecule has 0 radical (unpaired) electrons. The summed E-state index contributed by atoms with van der Waals surface area (Å²) in [5.74, 6) is -0.348. The normalized spacial score (nSPS) is 21.1. The van der Waals surface area contributed by atoms with Crippen molar-refractivity contribution in [1.82, 2.24) is 4.90 Å². The highest BCUT2D eigenvalue weighted by Gasteiger charge is 2.28. The number of hydrogen-bond donors (Lipinski definition) is 1. The van der Waals surface area contributed by atoms with Crippen LogP contribution in [0.25, 0.3) is 0 Å². The molecule has 0 spiro atoms. The maximum absolute atomic E-state index is 12.6. The second kappa shape index (κ2) is 3.98. The second-order valence-electron chi connectivity index (χ2n) is 3.67. The molecule has 4 heteroatoms. The Morgan fingerprint density at radius 2 is 2.07 bits per heavy atom. The van der Waals surface area contributed by atoms with E-state index in [1.165, 1.54) is 17.0 Å². The van der Waals surface area contributed by atoms with Gasteiger partial charge in [0, 0.05) is 19.4 Å². The number of amides is 1. The van der Waals surface area contributed by atoms with Gasteiger partial charge in [0.15, 0.2) is 0 Å². The lowest BCUT2D eigenvalue weighted by molar-refractivity contribution is -0.134. The Morgan fingerprint density at radius 1 is 1.40 bits per heavy atom. The van der Waals surface area contributed by atoms with E-state index in [9.17, 15) is 14.3 Å². The number of rotatable bonds is 2. The van der Waals surface area contributed by atoms with Gasteiger partial charge < -0.3 is 10.0 Å². The molecule has 1 aromatic carbocycles. The lowest BCUT2D eigenvalue weighted by Crippen LogP contribution is -2.31. The Labute approximate surface area is 87.1 Å². The number of carbonyl (C=O) groups is 1. The van der Waals surface area contributed by atoms with Gasteiger partial charge in [0.05, 0.1) is 0 Å². The van der Waals surface area contributed by atoms with E-state index >= 15 is 0 Å². The minimum atomic E-state index is -0.692. The standard InChI is InChI=1S/C11H12FNO2/c12-9-3-1-8(2-4-9)7-13-10(14)5-6-11(13)15/h1-4,10,14H,5-7H2/t10-/m1/s1. The molecular weight excluding hydrogens is 197 g/mol. The van der Waals surface area contributed by atoms with Crippen LogP contribution in [0.2, 0.25) is 0 Å². The van der Waals surface area contributed by atoms with Crippen molar-refractivity contribution in [3.05, 3.63) is 35.6 Å². The summed E-state index contributed by atoms with van der Waals surface area (Å²) in [7, 11) is 0. The fraction of sp³-hybridized carbons (Fsp3) is 0.364. The minimum Gasteiger partial charge on any atom is -0.373 e. The summed E-state index contributed by atoms with van der Waals surface area (Å²) in [5, 5.41) is 9.51. The summed E-state index contributed by atoms with van der Waals surface area (Å²) >= 11 is 0. The molecule has 3 nitrogen and oxygen atoms in total. The third-order valence-corrected chi connectivity index (χ3v) is 2.56. The van der Waals surface area contributed by atoms with Crippen LogP contribution >= 0.6 is 0 Å². The van der Waals surface area contributed by atoms with Crippen LogP contribution in [0, 0.1) is 5.82 Å². The summed E-state index contributed by atoms with van der Waals surface area (Å²) in [6.07, 6.45) is 0.185. The monoisotopic (exact) mass is 209 g/mol. The Hall–Kier alpha value is -1.42. The third-order valence-electron chi connectivity index (χ3n) is 2.56. The minimum absolute atomic E-state index is 0.0492. The molecule has 15 heavy (non-hydrogen) atoms. The van der Waals surface area contributed by atoms with Crippen LogP contribution in [0.3, 0.4) is 0 Å². The number of carbonyl (C=O) groups excluding carboxylic acids is 1. The van der Waals surface area contributed by atoms with Gasteiger partial charge in [-0.3, -0.25) is 4.79 Å². The second-order valence-corrected chi connectivity index (χ2v) is 3.67. The fourth-order valence-electron chi connectivity index (χ4n) is 1.70. The number of aliphatic hydroxyl groups excluding tert-OH is 1. The Morgan fingerprint density at radius 3 is 2.60 bits per heavy atom. The van der Waals surface area contributed by atoms with Crippen molar-refractivity contribution in [2.75, 3.05) is 0 Å². The first-order valence-corrected chi connectivity index (χ1v) is 4.89. The average Bonchev–Trinajstić information content (AvgIpc) is 2.53. The Balaban J connectivity index is 2.08. The summed E-state index contributed by atoms with van der Waals surface area (Å²) in [5.41, 5.74) is 0.825. The molecule has 1 amide bonds. The zero-order valence-electron chi connectivity index (χ0n) is 8.19. The molecule has 1 aromatic rings. The number of nitrogens with zero attached hydrogens (tertiary/aromatic N) is 1. The van der Waals surface area contributed by atoms with E-state index in [1.54, 1.807) is 12.1 Å². The van der Waals surface area contributed by atoms with E-state index in [-0.39, 0.29) is 11.7 Å². The predicted molar refractivity (Wildman–Crippen MR) is 52.2 cm³/mol. The van der Waals surface area contributed by atoms with Crippen molar-refractivity contribution in [3.63, 3.8) is 0 Å².